The molecule has 0 atom stereocenters. The number of ether oxygens (including phenoxy) is 3. The molecule has 1 aliphatic rings. The van der Waals surface area contributed by atoms with Crippen LogP contribution in [0.5, 0.6) is 17.2 Å². The number of carbonyl (C=O) groups excluding carboxylic acids is 1. The summed E-state index contributed by atoms with van der Waals surface area (Å²) in [7, 11) is 4.99. The number of thioether (sulfide) groups is 1. The second-order valence-electron chi connectivity index (χ2n) is 9.56. The fourth-order valence-corrected chi connectivity index (χ4v) is 5.80. The van der Waals surface area contributed by atoms with E-state index >= 15 is 0 Å². The Bertz CT molecular complexity index is 1450. The maximum Gasteiger partial charge on any atom is 0.222 e. The SMILES string of the molecule is COc1ccc(-n2c(SCCCC(=O)N3CCN(c4ccccc4OC)CC3)nnc2-c2cccc(OC)c2)cc1. The summed E-state index contributed by atoms with van der Waals surface area (Å²) in [6.07, 6.45) is 1.25. The van der Waals surface area contributed by atoms with Crippen molar-refractivity contribution in [2.45, 2.75) is 18.0 Å². The number of benzene rings is 3. The third-order valence-corrected chi connectivity index (χ3v) is 8.13. The molecule has 1 fully saturated rings. The highest BCUT2D eigenvalue weighted by Crippen LogP contribution is 2.31. The molecule has 10 heteroatoms. The number of rotatable bonds is 11. The van der Waals surface area contributed by atoms with E-state index in [2.05, 4.69) is 21.2 Å². The second kappa shape index (κ2) is 13.5. The van der Waals surface area contributed by atoms with Gasteiger partial charge < -0.3 is 24.0 Å². The largest absolute Gasteiger partial charge is 0.497 e. The summed E-state index contributed by atoms with van der Waals surface area (Å²) in [5, 5.41) is 9.82. The lowest BCUT2D eigenvalue weighted by Gasteiger charge is -2.36. The molecule has 0 N–H and O–H groups in total. The Balaban J connectivity index is 1.21. The van der Waals surface area contributed by atoms with Crippen LogP contribution in [-0.4, -0.2) is 78.8 Å². The summed E-state index contributed by atoms with van der Waals surface area (Å²) < 4.78 is 18.3. The number of methoxy groups -OCH3 is 3. The number of carbonyl (C=O) groups is 1. The molecule has 0 aliphatic carbocycles. The van der Waals surface area contributed by atoms with E-state index in [9.17, 15) is 4.79 Å². The lowest BCUT2D eigenvalue weighted by Crippen LogP contribution is -2.48. The van der Waals surface area contributed by atoms with Gasteiger partial charge in [-0.3, -0.25) is 9.36 Å². The van der Waals surface area contributed by atoms with Gasteiger partial charge in [-0.05, 0) is 55.0 Å². The van der Waals surface area contributed by atoms with Gasteiger partial charge in [0.25, 0.3) is 0 Å². The second-order valence-corrected chi connectivity index (χ2v) is 10.6. The van der Waals surface area contributed by atoms with Crippen molar-refractivity contribution >= 4 is 23.4 Å². The molecule has 1 amide bonds. The fourth-order valence-electron chi connectivity index (χ4n) is 4.91. The number of anilines is 1. The molecule has 0 saturated carbocycles. The van der Waals surface area contributed by atoms with Crippen molar-refractivity contribution in [3.05, 3.63) is 72.8 Å². The molecule has 214 valence electrons. The van der Waals surface area contributed by atoms with E-state index in [0.29, 0.717) is 19.5 Å². The summed E-state index contributed by atoms with van der Waals surface area (Å²) in [5.41, 5.74) is 2.91. The van der Waals surface area contributed by atoms with E-state index in [1.807, 2.05) is 76.2 Å². The maximum absolute atomic E-state index is 13.0. The topological polar surface area (TPSA) is 82.0 Å². The van der Waals surface area contributed by atoms with Crippen LogP contribution in [0.25, 0.3) is 17.1 Å². The first kappa shape index (κ1) is 28.4. The minimum atomic E-state index is 0.193. The Labute approximate surface area is 245 Å². The van der Waals surface area contributed by atoms with Crippen LogP contribution in [-0.2, 0) is 4.79 Å². The van der Waals surface area contributed by atoms with Crippen LogP contribution in [0, 0.1) is 0 Å². The van der Waals surface area contributed by atoms with Crippen molar-refractivity contribution in [1.29, 1.82) is 0 Å². The average molecular weight is 574 g/mol. The molecule has 4 aromatic rings. The van der Waals surface area contributed by atoms with E-state index in [0.717, 1.165) is 70.4 Å². The van der Waals surface area contributed by atoms with Crippen molar-refractivity contribution in [2.24, 2.45) is 0 Å². The van der Waals surface area contributed by atoms with Gasteiger partial charge in [0.2, 0.25) is 5.91 Å². The van der Waals surface area contributed by atoms with Crippen LogP contribution in [0.2, 0.25) is 0 Å². The molecule has 1 saturated heterocycles. The monoisotopic (exact) mass is 573 g/mol. The van der Waals surface area contributed by atoms with Gasteiger partial charge in [0, 0.05) is 49.6 Å². The first-order valence-corrected chi connectivity index (χ1v) is 14.6. The number of hydrogen-bond acceptors (Lipinski definition) is 8. The molecule has 0 spiro atoms. The molecule has 0 bridgehead atoms. The van der Waals surface area contributed by atoms with E-state index in [4.69, 9.17) is 14.2 Å². The standard InChI is InChI=1S/C31H35N5O4S/c1-38-25-15-13-24(14-16-25)36-30(23-8-6-9-26(22-23)39-2)32-33-31(36)41-21-7-12-29(37)35-19-17-34(18-20-35)27-10-4-5-11-28(27)40-3/h4-6,8-11,13-16,22H,7,12,17-21H2,1-3H3. The van der Waals surface area contributed by atoms with Gasteiger partial charge in [0.1, 0.15) is 17.2 Å². The molecule has 3 aromatic carbocycles. The van der Waals surface area contributed by atoms with Crippen LogP contribution in [0.3, 0.4) is 0 Å². The Morgan fingerprint density at radius 1 is 0.829 bits per heavy atom. The van der Waals surface area contributed by atoms with Crippen molar-refractivity contribution in [3.8, 4) is 34.3 Å². The van der Waals surface area contributed by atoms with E-state index in [-0.39, 0.29) is 5.91 Å². The molecular formula is C31H35N5O4S. The first-order valence-electron chi connectivity index (χ1n) is 13.6. The molecule has 1 aromatic heterocycles. The Kier molecular flexibility index (Phi) is 9.30. The van der Waals surface area contributed by atoms with Crippen LogP contribution < -0.4 is 19.1 Å². The average Bonchev–Trinajstić information content (AvgIpc) is 3.47. The van der Waals surface area contributed by atoms with Crippen LogP contribution in [0.4, 0.5) is 5.69 Å². The highest BCUT2D eigenvalue weighted by Gasteiger charge is 2.23. The van der Waals surface area contributed by atoms with Crippen molar-refractivity contribution in [3.63, 3.8) is 0 Å². The number of nitrogens with zero attached hydrogens (tertiary/aromatic N) is 5. The number of para-hydroxylation sites is 2. The van der Waals surface area contributed by atoms with Crippen molar-refractivity contribution < 1.29 is 19.0 Å². The molecule has 1 aliphatic heterocycles. The van der Waals surface area contributed by atoms with E-state index < -0.39 is 0 Å². The summed E-state index contributed by atoms with van der Waals surface area (Å²) in [5.74, 6) is 4.06. The first-order chi connectivity index (χ1) is 20.1. The highest BCUT2D eigenvalue weighted by atomic mass is 32.2. The van der Waals surface area contributed by atoms with Crippen molar-refractivity contribution in [2.75, 3.05) is 58.2 Å². The van der Waals surface area contributed by atoms with Gasteiger partial charge in [-0.2, -0.15) is 0 Å². The molecule has 0 radical (unpaired) electrons. The Hall–Kier alpha value is -4.18. The quantitative estimate of drug-likeness (QED) is 0.179. The molecule has 2 heterocycles. The van der Waals surface area contributed by atoms with Gasteiger partial charge in [0.15, 0.2) is 11.0 Å². The summed E-state index contributed by atoms with van der Waals surface area (Å²) >= 11 is 1.60. The minimum absolute atomic E-state index is 0.193. The van der Waals surface area contributed by atoms with Gasteiger partial charge in [0.05, 0.1) is 27.0 Å². The highest BCUT2D eigenvalue weighted by molar-refractivity contribution is 7.99. The smallest absolute Gasteiger partial charge is 0.222 e. The molecule has 41 heavy (non-hydrogen) atoms. The van der Waals surface area contributed by atoms with Crippen LogP contribution in [0.15, 0.2) is 78.0 Å². The van der Waals surface area contributed by atoms with Gasteiger partial charge in [-0.25, -0.2) is 0 Å². The van der Waals surface area contributed by atoms with Gasteiger partial charge in [-0.15, -0.1) is 10.2 Å². The number of amides is 1. The molecular weight excluding hydrogens is 538 g/mol. The zero-order chi connectivity index (χ0) is 28.6. The van der Waals surface area contributed by atoms with Gasteiger partial charge in [-0.1, -0.05) is 36.0 Å². The third kappa shape index (κ3) is 6.59. The number of piperazine rings is 1. The summed E-state index contributed by atoms with van der Waals surface area (Å²) in [6, 6.07) is 23.6. The third-order valence-electron chi connectivity index (χ3n) is 7.12. The predicted octanol–water partition coefficient (Wildman–Crippen LogP) is 5.18. The fraction of sp³-hybridized carbons (Fsp3) is 0.323. The van der Waals surface area contributed by atoms with Crippen LogP contribution >= 0.6 is 11.8 Å². The normalized spacial score (nSPS) is 13.2. The Morgan fingerprint density at radius 2 is 1.59 bits per heavy atom. The summed E-state index contributed by atoms with van der Waals surface area (Å²) in [4.78, 5) is 17.2. The molecule has 5 rings (SSSR count). The minimum Gasteiger partial charge on any atom is -0.497 e. The lowest BCUT2D eigenvalue weighted by atomic mass is 10.2. The van der Waals surface area contributed by atoms with E-state index in [1.54, 1.807) is 33.1 Å². The van der Waals surface area contributed by atoms with Crippen molar-refractivity contribution in [1.82, 2.24) is 19.7 Å². The predicted molar refractivity (Wildman–Crippen MR) is 162 cm³/mol. The number of hydrogen-bond donors (Lipinski definition) is 0. The maximum atomic E-state index is 13.0. The molecule has 0 unspecified atom stereocenters. The summed E-state index contributed by atoms with van der Waals surface area (Å²) in [6.45, 7) is 3.00. The zero-order valence-corrected chi connectivity index (χ0v) is 24.5. The lowest BCUT2D eigenvalue weighted by molar-refractivity contribution is -0.131. The van der Waals surface area contributed by atoms with Crippen LogP contribution in [0.1, 0.15) is 12.8 Å². The Morgan fingerprint density at radius 3 is 2.32 bits per heavy atom. The van der Waals surface area contributed by atoms with Gasteiger partial charge >= 0.3 is 0 Å². The van der Waals surface area contributed by atoms with E-state index in [1.165, 1.54) is 0 Å². The number of aromatic nitrogens is 3. The molecule has 9 nitrogen and oxygen atoms in total. The zero-order valence-electron chi connectivity index (χ0n) is 23.7.